The van der Waals surface area contributed by atoms with Gasteiger partial charge >= 0.3 is 0 Å². The predicted octanol–water partition coefficient (Wildman–Crippen LogP) is 2.26. The molecule has 29 heavy (non-hydrogen) atoms. The summed E-state index contributed by atoms with van der Waals surface area (Å²) in [5.41, 5.74) is 0.897. The number of benzene rings is 1. The molecule has 2 N–H and O–H groups in total. The van der Waals surface area contributed by atoms with Gasteiger partial charge in [0.2, 0.25) is 5.78 Å². The van der Waals surface area contributed by atoms with Crippen LogP contribution in [0.15, 0.2) is 53.1 Å². The Morgan fingerprint density at radius 1 is 1.28 bits per heavy atom. The lowest BCUT2D eigenvalue weighted by Crippen LogP contribution is -3.05. The van der Waals surface area contributed by atoms with Gasteiger partial charge < -0.3 is 19.6 Å². The van der Waals surface area contributed by atoms with Crippen molar-refractivity contribution in [1.82, 2.24) is 4.90 Å². The lowest BCUT2D eigenvalue weighted by molar-refractivity contribution is -0.858. The first-order valence-electron chi connectivity index (χ1n) is 9.78. The van der Waals surface area contributed by atoms with Crippen molar-refractivity contribution in [3.8, 4) is 5.75 Å². The number of carbonyl (C=O) groups is 2. The van der Waals surface area contributed by atoms with Gasteiger partial charge in [0.1, 0.15) is 5.75 Å². The van der Waals surface area contributed by atoms with Crippen LogP contribution in [-0.4, -0.2) is 55.5 Å². The highest BCUT2D eigenvalue weighted by Crippen LogP contribution is 2.40. The summed E-state index contributed by atoms with van der Waals surface area (Å²) in [5.74, 6) is -0.583. The highest BCUT2D eigenvalue weighted by molar-refractivity contribution is 7.12. The molecule has 1 amide bonds. The summed E-state index contributed by atoms with van der Waals surface area (Å²) in [5, 5.41) is 12.5. The molecule has 1 aliphatic heterocycles. The highest BCUT2D eigenvalue weighted by atomic mass is 32.1. The molecule has 1 atom stereocenters. The molecule has 1 aromatic heterocycles. The number of aliphatic hydroxyl groups excluding tert-OH is 1. The highest BCUT2D eigenvalue weighted by Gasteiger charge is 2.43. The molecule has 2 aromatic rings. The standard InChI is InChI=1S/C22H26N2O4S/c1-4-28-16-9-5-8-15(14-16)19-18(20(25)17-10-6-13-29-17)21(26)22(27)24(19)12-7-11-23(2)3/h5-6,8-10,13-14,19,26H,4,7,11-12H2,1-3H3/p+1/t19-/m0/s1. The number of ketones is 1. The normalized spacial score (nSPS) is 16.8. The molecule has 0 saturated carbocycles. The van der Waals surface area contributed by atoms with E-state index in [9.17, 15) is 14.7 Å². The number of Topliss-reactive ketones (excluding diaryl/α,β-unsaturated/α-hetero) is 1. The Hall–Kier alpha value is -2.64. The van der Waals surface area contributed by atoms with Crippen molar-refractivity contribution in [2.24, 2.45) is 0 Å². The summed E-state index contributed by atoms with van der Waals surface area (Å²) in [6.07, 6.45) is 0.767. The summed E-state index contributed by atoms with van der Waals surface area (Å²) >= 11 is 1.30. The molecule has 3 rings (SSSR count). The zero-order valence-corrected chi connectivity index (χ0v) is 17.8. The molecular weight excluding hydrogens is 388 g/mol. The fourth-order valence-electron chi connectivity index (χ4n) is 3.55. The topological polar surface area (TPSA) is 71.3 Å². The molecule has 0 bridgehead atoms. The Bertz CT molecular complexity index is 905. The third kappa shape index (κ3) is 4.52. The van der Waals surface area contributed by atoms with Gasteiger partial charge in [-0.25, -0.2) is 0 Å². The van der Waals surface area contributed by atoms with Gasteiger partial charge in [-0.2, -0.15) is 0 Å². The van der Waals surface area contributed by atoms with E-state index in [4.69, 9.17) is 4.74 Å². The molecule has 154 valence electrons. The maximum absolute atomic E-state index is 13.2. The van der Waals surface area contributed by atoms with E-state index < -0.39 is 17.7 Å². The van der Waals surface area contributed by atoms with Gasteiger partial charge in [-0.3, -0.25) is 9.59 Å². The average molecular weight is 416 g/mol. The number of quaternary nitrogens is 1. The van der Waals surface area contributed by atoms with Crippen LogP contribution in [0, 0.1) is 0 Å². The van der Waals surface area contributed by atoms with E-state index in [0.29, 0.717) is 23.8 Å². The Kier molecular flexibility index (Phi) is 6.71. The van der Waals surface area contributed by atoms with Crippen LogP contribution in [0.5, 0.6) is 5.75 Å². The minimum absolute atomic E-state index is 0.142. The van der Waals surface area contributed by atoms with E-state index in [1.165, 1.54) is 16.2 Å². The predicted molar refractivity (Wildman–Crippen MR) is 113 cm³/mol. The third-order valence-electron chi connectivity index (χ3n) is 4.85. The zero-order valence-electron chi connectivity index (χ0n) is 17.0. The van der Waals surface area contributed by atoms with Gasteiger partial charge in [-0.05, 0) is 36.1 Å². The van der Waals surface area contributed by atoms with E-state index in [0.717, 1.165) is 18.5 Å². The van der Waals surface area contributed by atoms with E-state index in [-0.39, 0.29) is 11.4 Å². The number of nitrogens with one attached hydrogen (secondary N) is 1. The minimum Gasteiger partial charge on any atom is -0.503 e. The van der Waals surface area contributed by atoms with Gasteiger partial charge in [-0.15, -0.1) is 11.3 Å². The Morgan fingerprint density at radius 2 is 2.07 bits per heavy atom. The van der Waals surface area contributed by atoms with Crippen molar-refractivity contribution in [2.75, 3.05) is 33.8 Å². The first kappa shape index (κ1) is 21.1. The first-order valence-corrected chi connectivity index (χ1v) is 10.7. The number of rotatable bonds is 9. The molecule has 0 aliphatic carbocycles. The Labute approximate surface area is 175 Å². The SMILES string of the molecule is CCOc1cccc([C@H]2C(C(=O)c3cccs3)=C(O)C(=O)N2CCC[NH+](C)C)c1. The Balaban J connectivity index is 2.01. The van der Waals surface area contributed by atoms with Crippen LogP contribution in [0.1, 0.15) is 34.6 Å². The molecular formula is C22H27N2O4S+. The smallest absolute Gasteiger partial charge is 0.290 e. The maximum Gasteiger partial charge on any atom is 0.290 e. The fourth-order valence-corrected chi connectivity index (χ4v) is 4.23. The van der Waals surface area contributed by atoms with Gasteiger partial charge in [0.15, 0.2) is 5.76 Å². The van der Waals surface area contributed by atoms with Crippen LogP contribution < -0.4 is 9.64 Å². The van der Waals surface area contributed by atoms with Gasteiger partial charge in [0.05, 0.1) is 43.7 Å². The molecule has 0 saturated heterocycles. The third-order valence-corrected chi connectivity index (χ3v) is 5.72. The lowest BCUT2D eigenvalue weighted by Gasteiger charge is -2.27. The fraction of sp³-hybridized carbons (Fsp3) is 0.364. The molecule has 2 heterocycles. The number of ether oxygens (including phenoxy) is 1. The van der Waals surface area contributed by atoms with Crippen molar-refractivity contribution < 1.29 is 24.3 Å². The van der Waals surface area contributed by atoms with Crippen molar-refractivity contribution in [1.29, 1.82) is 0 Å². The molecule has 6 nitrogen and oxygen atoms in total. The van der Waals surface area contributed by atoms with E-state index in [1.807, 2.05) is 36.6 Å². The van der Waals surface area contributed by atoms with E-state index in [1.54, 1.807) is 17.0 Å². The molecule has 0 fully saturated rings. The summed E-state index contributed by atoms with van der Waals surface area (Å²) in [6, 6.07) is 10.3. The quantitative estimate of drug-likeness (QED) is 0.617. The molecule has 1 aliphatic rings. The number of nitrogens with zero attached hydrogens (tertiary/aromatic N) is 1. The summed E-state index contributed by atoms with van der Waals surface area (Å²) in [6.45, 7) is 3.76. The first-order chi connectivity index (χ1) is 13.9. The van der Waals surface area contributed by atoms with Crippen molar-refractivity contribution in [3.05, 3.63) is 63.6 Å². The summed E-state index contributed by atoms with van der Waals surface area (Å²) < 4.78 is 5.61. The van der Waals surface area contributed by atoms with Crippen molar-refractivity contribution in [3.63, 3.8) is 0 Å². The zero-order chi connectivity index (χ0) is 21.0. The van der Waals surface area contributed by atoms with E-state index in [2.05, 4.69) is 14.1 Å². The van der Waals surface area contributed by atoms with Gasteiger partial charge in [-0.1, -0.05) is 18.2 Å². The second-order valence-corrected chi connectivity index (χ2v) is 8.23. The van der Waals surface area contributed by atoms with Crippen molar-refractivity contribution in [2.45, 2.75) is 19.4 Å². The van der Waals surface area contributed by atoms with Crippen LogP contribution in [0.4, 0.5) is 0 Å². The molecule has 0 spiro atoms. The maximum atomic E-state index is 13.2. The largest absolute Gasteiger partial charge is 0.503 e. The number of hydrogen-bond acceptors (Lipinski definition) is 5. The lowest BCUT2D eigenvalue weighted by atomic mass is 9.95. The minimum atomic E-state index is -0.630. The van der Waals surface area contributed by atoms with Crippen LogP contribution >= 0.6 is 11.3 Å². The average Bonchev–Trinajstić information content (AvgIpc) is 3.31. The second-order valence-electron chi connectivity index (χ2n) is 7.29. The summed E-state index contributed by atoms with van der Waals surface area (Å²) in [4.78, 5) is 29.4. The summed E-state index contributed by atoms with van der Waals surface area (Å²) in [7, 11) is 4.10. The molecule has 0 unspecified atom stereocenters. The van der Waals surface area contributed by atoms with Gasteiger partial charge in [0.25, 0.3) is 5.91 Å². The van der Waals surface area contributed by atoms with Gasteiger partial charge in [0, 0.05) is 13.0 Å². The second kappa shape index (κ2) is 9.24. The van der Waals surface area contributed by atoms with E-state index >= 15 is 0 Å². The molecule has 0 radical (unpaired) electrons. The Morgan fingerprint density at radius 3 is 2.72 bits per heavy atom. The monoisotopic (exact) mass is 415 g/mol. The van der Waals surface area contributed by atoms with Crippen LogP contribution in [0.3, 0.4) is 0 Å². The number of thiophene rings is 1. The number of carbonyl (C=O) groups excluding carboxylic acids is 2. The number of aliphatic hydroxyl groups is 1. The molecule has 7 heteroatoms. The van der Waals surface area contributed by atoms with Crippen LogP contribution in [-0.2, 0) is 4.79 Å². The van der Waals surface area contributed by atoms with Crippen LogP contribution in [0.2, 0.25) is 0 Å². The van der Waals surface area contributed by atoms with Crippen LogP contribution in [0.25, 0.3) is 0 Å². The van der Waals surface area contributed by atoms with Crippen molar-refractivity contribution >= 4 is 23.0 Å². The number of hydrogen-bond donors (Lipinski definition) is 2. The number of amides is 1. The molecule has 1 aromatic carbocycles.